The number of hydrogen-bond acceptors (Lipinski definition) is 5. The minimum atomic E-state index is -0.568. The standard InChI is InChI=1S/C18H21N3O3S/c1-12-8-16(25-11-12)18(23)21-6-3-13(4-7-21)10-24-14-2-5-20-15(9-14)17(19)22/h2,5,8-9,11,13H,3-4,6-7,10H2,1H3,(H2,19,22). The van der Waals surface area contributed by atoms with Crippen molar-refractivity contribution in [1.82, 2.24) is 9.88 Å². The second-order valence-electron chi connectivity index (χ2n) is 6.28. The van der Waals surface area contributed by atoms with Crippen LogP contribution in [0, 0.1) is 12.8 Å². The molecule has 6 nitrogen and oxygen atoms in total. The summed E-state index contributed by atoms with van der Waals surface area (Å²) in [5.74, 6) is 0.537. The summed E-state index contributed by atoms with van der Waals surface area (Å²) in [4.78, 5) is 30.2. The van der Waals surface area contributed by atoms with Gasteiger partial charge in [-0.1, -0.05) is 0 Å². The Morgan fingerprint density at radius 2 is 2.12 bits per heavy atom. The molecule has 0 radical (unpaired) electrons. The fourth-order valence-electron chi connectivity index (χ4n) is 2.85. The molecule has 25 heavy (non-hydrogen) atoms. The van der Waals surface area contributed by atoms with E-state index in [2.05, 4.69) is 4.98 Å². The zero-order valence-corrected chi connectivity index (χ0v) is 14.9. The number of nitrogens with two attached hydrogens (primary N) is 1. The highest BCUT2D eigenvalue weighted by Gasteiger charge is 2.24. The highest BCUT2D eigenvalue weighted by atomic mass is 32.1. The molecule has 0 atom stereocenters. The molecule has 3 rings (SSSR count). The predicted molar refractivity (Wildman–Crippen MR) is 95.9 cm³/mol. The van der Waals surface area contributed by atoms with Crippen LogP contribution < -0.4 is 10.5 Å². The van der Waals surface area contributed by atoms with Crippen LogP contribution in [0.2, 0.25) is 0 Å². The molecule has 2 N–H and O–H groups in total. The van der Waals surface area contributed by atoms with Gasteiger partial charge in [0, 0.05) is 25.4 Å². The third kappa shape index (κ3) is 4.36. The summed E-state index contributed by atoms with van der Waals surface area (Å²) in [6.07, 6.45) is 3.33. The molecule has 1 saturated heterocycles. The molecule has 0 aliphatic carbocycles. The lowest BCUT2D eigenvalue weighted by molar-refractivity contribution is 0.0665. The Hall–Kier alpha value is -2.41. The van der Waals surface area contributed by atoms with Crippen LogP contribution in [0.1, 0.15) is 38.6 Å². The van der Waals surface area contributed by atoms with Crippen molar-refractivity contribution in [3.05, 3.63) is 45.9 Å². The first-order valence-electron chi connectivity index (χ1n) is 8.26. The predicted octanol–water partition coefficient (Wildman–Crippen LogP) is 2.48. The number of pyridine rings is 1. The van der Waals surface area contributed by atoms with Crippen LogP contribution in [0.5, 0.6) is 5.75 Å². The molecule has 7 heteroatoms. The molecular weight excluding hydrogens is 338 g/mol. The number of aryl methyl sites for hydroxylation is 1. The molecule has 0 aromatic carbocycles. The molecule has 132 valence electrons. The van der Waals surface area contributed by atoms with E-state index in [1.54, 1.807) is 12.1 Å². The van der Waals surface area contributed by atoms with Crippen molar-refractivity contribution < 1.29 is 14.3 Å². The van der Waals surface area contributed by atoms with E-state index >= 15 is 0 Å². The van der Waals surface area contributed by atoms with E-state index in [0.29, 0.717) is 18.3 Å². The molecule has 1 fully saturated rings. The maximum absolute atomic E-state index is 12.5. The van der Waals surface area contributed by atoms with E-state index in [1.807, 2.05) is 23.3 Å². The maximum Gasteiger partial charge on any atom is 0.267 e. The number of carbonyl (C=O) groups excluding carboxylic acids is 2. The molecule has 0 saturated carbocycles. The molecule has 1 aliphatic heterocycles. The normalized spacial score (nSPS) is 15.2. The number of rotatable bonds is 5. The van der Waals surface area contributed by atoms with Crippen molar-refractivity contribution in [2.45, 2.75) is 19.8 Å². The lowest BCUT2D eigenvalue weighted by Gasteiger charge is -2.31. The highest BCUT2D eigenvalue weighted by Crippen LogP contribution is 2.23. The van der Waals surface area contributed by atoms with Gasteiger partial charge in [-0.05, 0) is 48.8 Å². The summed E-state index contributed by atoms with van der Waals surface area (Å²) in [5, 5.41) is 2.00. The Balaban J connectivity index is 1.49. The van der Waals surface area contributed by atoms with Crippen molar-refractivity contribution in [3.8, 4) is 5.75 Å². The average Bonchev–Trinajstić information content (AvgIpc) is 3.06. The van der Waals surface area contributed by atoms with Gasteiger partial charge in [-0.25, -0.2) is 0 Å². The van der Waals surface area contributed by atoms with Crippen LogP contribution in [-0.2, 0) is 0 Å². The second-order valence-corrected chi connectivity index (χ2v) is 7.19. The summed E-state index contributed by atoms with van der Waals surface area (Å²) in [5.41, 5.74) is 6.55. The topological polar surface area (TPSA) is 85.5 Å². The van der Waals surface area contributed by atoms with E-state index in [4.69, 9.17) is 10.5 Å². The number of likely N-dealkylation sites (tertiary alicyclic amines) is 1. The number of primary amides is 1. The van der Waals surface area contributed by atoms with Gasteiger partial charge in [0.1, 0.15) is 11.4 Å². The Morgan fingerprint density at radius 3 is 2.76 bits per heavy atom. The van der Waals surface area contributed by atoms with Gasteiger partial charge in [0.15, 0.2) is 0 Å². The van der Waals surface area contributed by atoms with Crippen LogP contribution in [-0.4, -0.2) is 41.4 Å². The lowest BCUT2D eigenvalue weighted by Crippen LogP contribution is -2.39. The summed E-state index contributed by atoms with van der Waals surface area (Å²) in [6.45, 7) is 4.04. The molecule has 1 aliphatic rings. The minimum absolute atomic E-state index is 0.123. The Morgan fingerprint density at radius 1 is 1.36 bits per heavy atom. The van der Waals surface area contributed by atoms with E-state index in [0.717, 1.165) is 36.4 Å². The van der Waals surface area contributed by atoms with Crippen LogP contribution in [0.3, 0.4) is 0 Å². The minimum Gasteiger partial charge on any atom is -0.493 e. The van der Waals surface area contributed by atoms with E-state index < -0.39 is 5.91 Å². The van der Waals surface area contributed by atoms with Crippen LogP contribution in [0.4, 0.5) is 0 Å². The first kappa shape index (κ1) is 17.4. The average molecular weight is 359 g/mol. The van der Waals surface area contributed by atoms with Crippen LogP contribution >= 0.6 is 11.3 Å². The Bertz CT molecular complexity index is 766. The fourth-order valence-corrected chi connectivity index (χ4v) is 3.72. The van der Waals surface area contributed by atoms with Gasteiger partial charge in [-0.15, -0.1) is 11.3 Å². The number of aromatic nitrogens is 1. The van der Waals surface area contributed by atoms with Crippen molar-refractivity contribution >= 4 is 23.2 Å². The largest absolute Gasteiger partial charge is 0.493 e. The molecule has 2 amide bonds. The summed E-state index contributed by atoms with van der Waals surface area (Å²) in [7, 11) is 0. The van der Waals surface area contributed by atoms with Gasteiger partial charge in [-0.2, -0.15) is 0 Å². The molecule has 2 aromatic rings. The molecule has 3 heterocycles. The Labute approximate surface area is 150 Å². The van der Waals surface area contributed by atoms with E-state index in [9.17, 15) is 9.59 Å². The fraction of sp³-hybridized carbons (Fsp3) is 0.389. The summed E-state index contributed by atoms with van der Waals surface area (Å²) in [6, 6.07) is 5.21. The number of thiophene rings is 1. The number of ether oxygens (including phenoxy) is 1. The first-order chi connectivity index (χ1) is 12.0. The number of carbonyl (C=O) groups is 2. The SMILES string of the molecule is Cc1csc(C(=O)N2CCC(COc3ccnc(C(N)=O)c3)CC2)c1. The third-order valence-electron chi connectivity index (χ3n) is 4.31. The molecule has 0 spiro atoms. The smallest absolute Gasteiger partial charge is 0.267 e. The van der Waals surface area contributed by atoms with Crippen molar-refractivity contribution in [1.29, 1.82) is 0 Å². The monoisotopic (exact) mass is 359 g/mol. The van der Waals surface area contributed by atoms with Crippen molar-refractivity contribution in [3.63, 3.8) is 0 Å². The molecule has 2 aromatic heterocycles. The Kier molecular flexibility index (Phi) is 5.33. The third-order valence-corrected chi connectivity index (χ3v) is 5.35. The van der Waals surface area contributed by atoms with Gasteiger partial charge in [0.25, 0.3) is 11.8 Å². The van der Waals surface area contributed by atoms with E-state index in [1.165, 1.54) is 17.5 Å². The zero-order valence-electron chi connectivity index (χ0n) is 14.1. The van der Waals surface area contributed by atoms with Crippen molar-refractivity contribution in [2.75, 3.05) is 19.7 Å². The summed E-state index contributed by atoms with van der Waals surface area (Å²) < 4.78 is 5.77. The molecular formula is C18H21N3O3S. The summed E-state index contributed by atoms with van der Waals surface area (Å²) >= 11 is 1.50. The van der Waals surface area contributed by atoms with E-state index in [-0.39, 0.29) is 11.6 Å². The molecule has 0 bridgehead atoms. The quantitative estimate of drug-likeness (QED) is 0.889. The van der Waals surface area contributed by atoms with Crippen LogP contribution in [0.15, 0.2) is 29.8 Å². The number of amides is 2. The number of hydrogen-bond donors (Lipinski definition) is 1. The van der Waals surface area contributed by atoms with Gasteiger partial charge in [-0.3, -0.25) is 14.6 Å². The second kappa shape index (κ2) is 7.65. The van der Waals surface area contributed by atoms with Gasteiger partial charge in [0.05, 0.1) is 11.5 Å². The first-order valence-corrected chi connectivity index (χ1v) is 9.14. The number of nitrogens with zero attached hydrogens (tertiary/aromatic N) is 2. The highest BCUT2D eigenvalue weighted by molar-refractivity contribution is 7.12. The number of piperidine rings is 1. The van der Waals surface area contributed by atoms with Gasteiger partial charge < -0.3 is 15.4 Å². The van der Waals surface area contributed by atoms with Crippen molar-refractivity contribution in [2.24, 2.45) is 11.7 Å². The molecule has 0 unspecified atom stereocenters. The maximum atomic E-state index is 12.5. The zero-order chi connectivity index (χ0) is 17.8. The van der Waals surface area contributed by atoms with Gasteiger partial charge in [0.2, 0.25) is 0 Å². The van der Waals surface area contributed by atoms with Crippen LogP contribution in [0.25, 0.3) is 0 Å². The van der Waals surface area contributed by atoms with Gasteiger partial charge >= 0.3 is 0 Å². The lowest BCUT2D eigenvalue weighted by atomic mass is 9.97.